The number of benzene rings is 2. The number of hydrogen-bond donors (Lipinski definition) is 1. The molecule has 0 spiro atoms. The average molecular weight is 353 g/mol. The van der Waals surface area contributed by atoms with Crippen molar-refractivity contribution in [3.63, 3.8) is 0 Å². The first-order valence-electron chi connectivity index (χ1n) is 7.65. The molecule has 4 rings (SSSR count). The van der Waals surface area contributed by atoms with E-state index in [-0.39, 0.29) is 11.2 Å². The van der Waals surface area contributed by atoms with Gasteiger partial charge in [-0.05, 0) is 31.0 Å². The van der Waals surface area contributed by atoms with E-state index in [9.17, 15) is 4.79 Å². The van der Waals surface area contributed by atoms with Crippen LogP contribution in [0, 0.1) is 6.92 Å². The Labute approximate surface area is 148 Å². The van der Waals surface area contributed by atoms with Crippen molar-refractivity contribution in [1.29, 1.82) is 0 Å². The van der Waals surface area contributed by atoms with E-state index in [4.69, 9.17) is 0 Å². The van der Waals surface area contributed by atoms with Gasteiger partial charge in [0.05, 0.1) is 15.5 Å². The van der Waals surface area contributed by atoms with E-state index < -0.39 is 0 Å². The van der Waals surface area contributed by atoms with Crippen molar-refractivity contribution >= 4 is 49.5 Å². The second-order valence-electron chi connectivity index (χ2n) is 5.67. The Bertz CT molecular complexity index is 898. The van der Waals surface area contributed by atoms with E-state index >= 15 is 0 Å². The van der Waals surface area contributed by atoms with Gasteiger partial charge in [-0.2, -0.15) is 4.99 Å². The summed E-state index contributed by atoms with van der Waals surface area (Å²) in [5.41, 5.74) is 3.32. The highest BCUT2D eigenvalue weighted by atomic mass is 32.2. The van der Waals surface area contributed by atoms with Gasteiger partial charge in [-0.1, -0.05) is 65.1 Å². The number of aliphatic imine (C=N–C) groups is 1. The fourth-order valence-electron chi connectivity index (χ4n) is 2.53. The zero-order valence-electron chi connectivity index (χ0n) is 13.0. The fraction of sp³-hybridized carbons (Fsp3) is 0.167. The molecule has 0 saturated carbocycles. The number of rotatable bonds is 3. The highest BCUT2D eigenvalue weighted by Crippen LogP contribution is 2.30. The van der Waals surface area contributed by atoms with Crippen molar-refractivity contribution in [2.45, 2.75) is 18.6 Å². The number of carbonyl (C=O) groups is 1. The molecule has 1 fully saturated rings. The number of amidine groups is 1. The fourth-order valence-corrected chi connectivity index (χ4v) is 4.44. The van der Waals surface area contributed by atoms with E-state index in [1.54, 1.807) is 0 Å². The van der Waals surface area contributed by atoms with Crippen molar-refractivity contribution in [1.82, 2.24) is 10.3 Å². The zero-order chi connectivity index (χ0) is 16.5. The summed E-state index contributed by atoms with van der Waals surface area (Å²) in [5.74, 6) is 0.0143. The van der Waals surface area contributed by atoms with Crippen LogP contribution in [-0.4, -0.2) is 21.3 Å². The lowest BCUT2D eigenvalue weighted by molar-refractivity contribution is -0.118. The van der Waals surface area contributed by atoms with Crippen molar-refractivity contribution < 1.29 is 4.79 Å². The number of aryl methyl sites for hydroxylation is 1. The maximum atomic E-state index is 12.2. The molecule has 1 N–H and O–H groups in total. The monoisotopic (exact) mass is 353 g/mol. The van der Waals surface area contributed by atoms with Crippen LogP contribution < -0.4 is 5.32 Å². The normalized spacial score (nSPS) is 19.1. The molecule has 0 bridgehead atoms. The number of thioether (sulfide) groups is 1. The largest absolute Gasteiger partial charge is 0.304 e. The minimum atomic E-state index is -0.138. The molecule has 24 heavy (non-hydrogen) atoms. The summed E-state index contributed by atoms with van der Waals surface area (Å²) in [6, 6.07) is 16.2. The van der Waals surface area contributed by atoms with Crippen LogP contribution in [0.5, 0.6) is 0 Å². The summed E-state index contributed by atoms with van der Waals surface area (Å²) < 4.78 is 1.10. The molecule has 1 aliphatic heterocycles. The van der Waals surface area contributed by atoms with E-state index in [1.807, 2.05) is 24.3 Å². The minimum absolute atomic E-state index is 0.0143. The van der Waals surface area contributed by atoms with Gasteiger partial charge in [0.2, 0.25) is 11.0 Å². The standard InChI is InChI=1S/C18H15N3OS2/c1-11-6-8-12(9-7-11)10-15-16(22)20-18(24-15)21-17-19-13-4-2-3-5-14(13)23-17/h2-9,15H,10H2,1H3,(H,19,20,21,22). The Morgan fingerprint density at radius 2 is 1.96 bits per heavy atom. The molecule has 1 aliphatic rings. The van der Waals surface area contributed by atoms with E-state index in [0.29, 0.717) is 16.7 Å². The SMILES string of the molecule is Cc1ccc(CC2S/C(=N\c3nc4ccccc4s3)NC2=O)cc1. The minimum Gasteiger partial charge on any atom is -0.304 e. The molecule has 1 saturated heterocycles. The van der Waals surface area contributed by atoms with E-state index in [0.717, 1.165) is 15.8 Å². The Morgan fingerprint density at radius 3 is 2.75 bits per heavy atom. The third-order valence-electron chi connectivity index (χ3n) is 3.80. The first-order chi connectivity index (χ1) is 11.7. The third kappa shape index (κ3) is 3.20. The highest BCUT2D eigenvalue weighted by molar-refractivity contribution is 8.15. The van der Waals surface area contributed by atoms with Crippen molar-refractivity contribution in [3.05, 3.63) is 59.7 Å². The van der Waals surface area contributed by atoms with Gasteiger partial charge in [0.15, 0.2) is 5.17 Å². The average Bonchev–Trinajstić information content (AvgIpc) is 3.12. The maximum absolute atomic E-state index is 12.2. The summed E-state index contributed by atoms with van der Waals surface area (Å²) >= 11 is 3.01. The third-order valence-corrected chi connectivity index (χ3v) is 5.81. The lowest BCUT2D eigenvalue weighted by Gasteiger charge is -2.05. The number of hydrogen-bond acceptors (Lipinski definition) is 5. The molecule has 1 unspecified atom stereocenters. The Hall–Kier alpha value is -2.18. The predicted octanol–water partition coefficient (Wildman–Crippen LogP) is 4.07. The maximum Gasteiger partial charge on any atom is 0.239 e. The van der Waals surface area contributed by atoms with Crippen LogP contribution in [0.25, 0.3) is 10.2 Å². The van der Waals surface area contributed by atoms with Gasteiger partial charge in [0, 0.05) is 0 Å². The number of amides is 1. The molecule has 0 radical (unpaired) electrons. The van der Waals surface area contributed by atoms with Gasteiger partial charge in [-0.3, -0.25) is 4.79 Å². The number of carbonyl (C=O) groups excluding carboxylic acids is 1. The van der Waals surface area contributed by atoms with Gasteiger partial charge in [0.1, 0.15) is 0 Å². The van der Waals surface area contributed by atoms with Gasteiger partial charge in [-0.15, -0.1) is 0 Å². The van der Waals surface area contributed by atoms with Gasteiger partial charge in [0.25, 0.3) is 0 Å². The molecule has 120 valence electrons. The van der Waals surface area contributed by atoms with Crippen LogP contribution in [0.2, 0.25) is 0 Å². The molecule has 0 aliphatic carbocycles. The summed E-state index contributed by atoms with van der Waals surface area (Å²) in [4.78, 5) is 21.2. The van der Waals surface area contributed by atoms with Crippen molar-refractivity contribution in [3.8, 4) is 0 Å². The number of nitrogens with one attached hydrogen (secondary N) is 1. The summed E-state index contributed by atoms with van der Waals surface area (Å²) in [7, 11) is 0. The number of nitrogens with zero attached hydrogens (tertiary/aromatic N) is 2. The molecular formula is C18H15N3OS2. The Kier molecular flexibility index (Phi) is 4.08. The first kappa shape index (κ1) is 15.4. The molecule has 6 heteroatoms. The highest BCUT2D eigenvalue weighted by Gasteiger charge is 2.30. The molecule has 1 atom stereocenters. The topological polar surface area (TPSA) is 54.4 Å². The number of para-hydroxylation sites is 1. The van der Waals surface area contributed by atoms with Gasteiger partial charge in [-0.25, -0.2) is 4.98 Å². The molecule has 4 nitrogen and oxygen atoms in total. The molecule has 3 aromatic rings. The summed E-state index contributed by atoms with van der Waals surface area (Å²) in [5, 5.41) is 4.04. The molecule has 1 aromatic heterocycles. The van der Waals surface area contributed by atoms with E-state index in [2.05, 4.69) is 46.5 Å². The van der Waals surface area contributed by atoms with Crippen LogP contribution in [-0.2, 0) is 11.2 Å². The predicted molar refractivity (Wildman–Crippen MR) is 101 cm³/mol. The molecular weight excluding hydrogens is 338 g/mol. The lowest BCUT2D eigenvalue weighted by Crippen LogP contribution is -2.25. The van der Waals surface area contributed by atoms with Gasteiger partial charge < -0.3 is 5.32 Å². The molecule has 2 aromatic carbocycles. The number of aromatic nitrogens is 1. The van der Waals surface area contributed by atoms with Crippen LogP contribution in [0.15, 0.2) is 53.5 Å². The molecule has 2 heterocycles. The Balaban J connectivity index is 1.51. The van der Waals surface area contributed by atoms with Crippen LogP contribution in [0.4, 0.5) is 5.13 Å². The smallest absolute Gasteiger partial charge is 0.239 e. The van der Waals surface area contributed by atoms with Crippen molar-refractivity contribution in [2.75, 3.05) is 0 Å². The van der Waals surface area contributed by atoms with Crippen LogP contribution in [0.1, 0.15) is 11.1 Å². The van der Waals surface area contributed by atoms with Crippen molar-refractivity contribution in [2.24, 2.45) is 4.99 Å². The number of fused-ring (bicyclic) bond motifs is 1. The van der Waals surface area contributed by atoms with Crippen LogP contribution >= 0.6 is 23.1 Å². The lowest BCUT2D eigenvalue weighted by atomic mass is 10.1. The second kappa shape index (κ2) is 6.37. The first-order valence-corrected chi connectivity index (χ1v) is 9.34. The van der Waals surface area contributed by atoms with E-state index in [1.165, 1.54) is 28.7 Å². The summed E-state index contributed by atoms with van der Waals surface area (Å²) in [6.07, 6.45) is 0.704. The Morgan fingerprint density at radius 1 is 1.17 bits per heavy atom. The summed E-state index contributed by atoms with van der Waals surface area (Å²) in [6.45, 7) is 2.06. The number of thiazole rings is 1. The van der Waals surface area contributed by atoms with Gasteiger partial charge >= 0.3 is 0 Å². The molecule has 1 amide bonds. The zero-order valence-corrected chi connectivity index (χ0v) is 14.7. The second-order valence-corrected chi connectivity index (χ2v) is 7.87. The quantitative estimate of drug-likeness (QED) is 0.772. The van der Waals surface area contributed by atoms with Crippen LogP contribution in [0.3, 0.4) is 0 Å².